The molecule has 0 radical (unpaired) electrons. The van der Waals surface area contributed by atoms with Gasteiger partial charge in [-0.3, -0.25) is 9.69 Å². The number of carbonyl (C=O) groups excluding carboxylic acids is 1. The van der Waals surface area contributed by atoms with Crippen molar-refractivity contribution in [1.82, 2.24) is 15.1 Å². The Morgan fingerprint density at radius 2 is 1.81 bits per heavy atom. The number of piperazine rings is 1. The second kappa shape index (κ2) is 9.87. The van der Waals surface area contributed by atoms with Gasteiger partial charge in [0.2, 0.25) is 0 Å². The van der Waals surface area contributed by atoms with E-state index in [1.165, 1.54) is 23.0 Å². The van der Waals surface area contributed by atoms with Crippen molar-refractivity contribution < 1.29 is 13.9 Å². The predicted molar refractivity (Wildman–Crippen MR) is 123 cm³/mol. The van der Waals surface area contributed by atoms with E-state index in [1.807, 2.05) is 6.07 Å². The van der Waals surface area contributed by atoms with Crippen molar-refractivity contribution >= 4 is 27.3 Å². The predicted octanol–water partition coefficient (Wildman–Crippen LogP) is 3.86. The maximum atomic E-state index is 14.3. The molecule has 7 heteroatoms. The van der Waals surface area contributed by atoms with Gasteiger partial charge in [-0.2, -0.15) is 0 Å². The van der Waals surface area contributed by atoms with Crippen LogP contribution in [-0.4, -0.2) is 56.0 Å². The molecule has 2 heterocycles. The molecule has 0 bridgehead atoms. The van der Waals surface area contributed by atoms with E-state index < -0.39 is 0 Å². The van der Waals surface area contributed by atoms with Crippen LogP contribution in [-0.2, 0) is 24.4 Å². The number of nitrogens with one attached hydrogen (secondary N) is 1. The second-order valence-corrected chi connectivity index (χ2v) is 9.09. The third-order valence-electron chi connectivity index (χ3n) is 5.74. The van der Waals surface area contributed by atoms with Gasteiger partial charge in [0.05, 0.1) is 11.5 Å². The Morgan fingerprint density at radius 1 is 1.10 bits per heavy atom. The lowest BCUT2D eigenvalue weighted by atomic mass is 10.1. The molecule has 3 aromatic rings. The summed E-state index contributed by atoms with van der Waals surface area (Å²) in [7, 11) is 3.71. The van der Waals surface area contributed by atoms with Crippen LogP contribution in [0, 0.1) is 5.82 Å². The minimum Gasteiger partial charge on any atom is -0.380 e. The third kappa shape index (κ3) is 5.13. The molecule has 1 amide bonds. The van der Waals surface area contributed by atoms with E-state index in [0.29, 0.717) is 22.4 Å². The SMILES string of the molecule is COCc1c(C(=O)NCc2ccc(CN3CCN(C)CC3)cc2)sc2cccc(F)c12. The van der Waals surface area contributed by atoms with Gasteiger partial charge in [0, 0.05) is 62.0 Å². The first kappa shape index (κ1) is 21.9. The van der Waals surface area contributed by atoms with E-state index in [9.17, 15) is 9.18 Å². The molecule has 1 fully saturated rings. The maximum absolute atomic E-state index is 14.3. The average Bonchev–Trinajstić information content (AvgIpc) is 3.15. The van der Waals surface area contributed by atoms with Crippen molar-refractivity contribution in [3.05, 3.63) is 69.8 Å². The Balaban J connectivity index is 1.40. The first-order valence-electron chi connectivity index (χ1n) is 10.5. The van der Waals surface area contributed by atoms with Crippen LogP contribution in [0.25, 0.3) is 10.1 Å². The number of halogens is 1. The molecule has 1 aromatic heterocycles. The number of carbonyl (C=O) groups is 1. The quantitative estimate of drug-likeness (QED) is 0.605. The van der Waals surface area contributed by atoms with Crippen molar-refractivity contribution in [2.24, 2.45) is 0 Å². The van der Waals surface area contributed by atoms with Crippen LogP contribution < -0.4 is 5.32 Å². The maximum Gasteiger partial charge on any atom is 0.262 e. The number of ether oxygens (including phenoxy) is 1. The zero-order chi connectivity index (χ0) is 21.8. The zero-order valence-electron chi connectivity index (χ0n) is 18.0. The topological polar surface area (TPSA) is 44.8 Å². The van der Waals surface area contributed by atoms with Gasteiger partial charge in [-0.15, -0.1) is 11.3 Å². The summed E-state index contributed by atoms with van der Waals surface area (Å²) in [5.74, 6) is -0.523. The summed E-state index contributed by atoms with van der Waals surface area (Å²) in [6, 6.07) is 13.3. The van der Waals surface area contributed by atoms with Gasteiger partial charge in [0.1, 0.15) is 5.82 Å². The number of hydrogen-bond donors (Lipinski definition) is 1. The second-order valence-electron chi connectivity index (χ2n) is 8.03. The molecular weight excluding hydrogens is 413 g/mol. The summed E-state index contributed by atoms with van der Waals surface area (Å²) in [6.07, 6.45) is 0. The van der Waals surface area contributed by atoms with E-state index in [4.69, 9.17) is 4.74 Å². The molecule has 0 unspecified atom stereocenters. The average molecular weight is 442 g/mol. The monoisotopic (exact) mass is 441 g/mol. The smallest absolute Gasteiger partial charge is 0.262 e. The molecule has 0 aliphatic carbocycles. The highest BCUT2D eigenvalue weighted by molar-refractivity contribution is 7.21. The third-order valence-corrected chi connectivity index (χ3v) is 6.93. The van der Waals surface area contributed by atoms with Crippen LogP contribution in [0.1, 0.15) is 26.4 Å². The van der Waals surface area contributed by atoms with Gasteiger partial charge in [-0.05, 0) is 30.3 Å². The lowest BCUT2D eigenvalue weighted by Gasteiger charge is -2.32. The van der Waals surface area contributed by atoms with E-state index in [0.717, 1.165) is 43.0 Å². The molecule has 31 heavy (non-hydrogen) atoms. The zero-order valence-corrected chi connectivity index (χ0v) is 18.8. The number of thiophene rings is 1. The number of benzene rings is 2. The molecule has 4 rings (SSSR count). The van der Waals surface area contributed by atoms with Gasteiger partial charge >= 0.3 is 0 Å². The van der Waals surface area contributed by atoms with Gasteiger partial charge in [0.25, 0.3) is 5.91 Å². The molecule has 164 valence electrons. The summed E-state index contributed by atoms with van der Waals surface area (Å²) < 4.78 is 20.3. The molecule has 5 nitrogen and oxygen atoms in total. The fraction of sp³-hybridized carbons (Fsp3) is 0.375. The normalized spacial score (nSPS) is 15.5. The minimum absolute atomic E-state index is 0.199. The molecule has 2 aromatic carbocycles. The van der Waals surface area contributed by atoms with Crippen molar-refractivity contribution in [2.45, 2.75) is 19.7 Å². The fourth-order valence-electron chi connectivity index (χ4n) is 3.92. The summed E-state index contributed by atoms with van der Waals surface area (Å²) in [5.41, 5.74) is 2.93. The standard InChI is InChI=1S/C24H28FN3O2S/c1-27-10-12-28(13-11-27)15-18-8-6-17(7-9-18)14-26-24(29)23-19(16-30-2)22-20(25)4-3-5-21(22)31-23/h3-9H,10-16H2,1-2H3,(H,26,29). The number of hydrogen-bond acceptors (Lipinski definition) is 5. The number of rotatable bonds is 7. The molecular formula is C24H28FN3O2S. The van der Waals surface area contributed by atoms with E-state index in [1.54, 1.807) is 13.2 Å². The largest absolute Gasteiger partial charge is 0.380 e. The lowest BCUT2D eigenvalue weighted by molar-refractivity contribution is 0.0950. The van der Waals surface area contributed by atoms with Gasteiger partial charge in [-0.1, -0.05) is 30.3 Å². The lowest BCUT2D eigenvalue weighted by Crippen LogP contribution is -2.43. The summed E-state index contributed by atoms with van der Waals surface area (Å²) in [5, 5.41) is 3.46. The Labute approximate surface area is 186 Å². The summed E-state index contributed by atoms with van der Waals surface area (Å²) >= 11 is 1.30. The van der Waals surface area contributed by atoms with Gasteiger partial charge in [-0.25, -0.2) is 4.39 Å². The van der Waals surface area contributed by atoms with Crippen molar-refractivity contribution in [3.63, 3.8) is 0 Å². The van der Waals surface area contributed by atoms with Crippen LogP contribution in [0.5, 0.6) is 0 Å². The van der Waals surface area contributed by atoms with Crippen LogP contribution in [0.3, 0.4) is 0 Å². The summed E-state index contributed by atoms with van der Waals surface area (Å²) in [4.78, 5) is 18.2. The number of nitrogens with zero attached hydrogens (tertiary/aromatic N) is 2. The molecule has 1 saturated heterocycles. The molecule has 0 spiro atoms. The number of methoxy groups -OCH3 is 1. The van der Waals surface area contributed by atoms with Crippen LogP contribution in [0.2, 0.25) is 0 Å². The van der Waals surface area contributed by atoms with Crippen LogP contribution in [0.15, 0.2) is 42.5 Å². The van der Waals surface area contributed by atoms with E-state index in [2.05, 4.69) is 46.4 Å². The van der Waals surface area contributed by atoms with Gasteiger partial charge in [0.15, 0.2) is 0 Å². The molecule has 0 atom stereocenters. The van der Waals surface area contributed by atoms with Crippen LogP contribution in [0.4, 0.5) is 4.39 Å². The molecule has 0 saturated carbocycles. The first-order chi connectivity index (χ1) is 15.0. The Bertz CT molecular complexity index is 1040. The van der Waals surface area contributed by atoms with E-state index >= 15 is 0 Å². The van der Waals surface area contributed by atoms with Gasteiger partial charge < -0.3 is 15.0 Å². The molecule has 1 aliphatic heterocycles. The van der Waals surface area contributed by atoms with Crippen molar-refractivity contribution in [3.8, 4) is 0 Å². The Hall–Kier alpha value is -2.32. The number of amides is 1. The highest BCUT2D eigenvalue weighted by Gasteiger charge is 2.20. The Morgan fingerprint density at radius 3 is 2.52 bits per heavy atom. The van der Waals surface area contributed by atoms with Crippen molar-refractivity contribution in [1.29, 1.82) is 0 Å². The van der Waals surface area contributed by atoms with Crippen molar-refractivity contribution in [2.75, 3.05) is 40.3 Å². The van der Waals surface area contributed by atoms with Crippen LogP contribution >= 0.6 is 11.3 Å². The number of fused-ring (bicyclic) bond motifs is 1. The highest BCUT2D eigenvalue weighted by Crippen LogP contribution is 2.33. The minimum atomic E-state index is -0.323. The van der Waals surface area contributed by atoms with E-state index in [-0.39, 0.29) is 18.3 Å². The number of likely N-dealkylation sites (N-methyl/N-ethyl adjacent to an activating group) is 1. The highest BCUT2D eigenvalue weighted by atomic mass is 32.1. The molecule has 1 N–H and O–H groups in total. The summed E-state index contributed by atoms with van der Waals surface area (Å²) in [6.45, 7) is 5.98. The molecule has 1 aliphatic rings. The Kier molecular flexibility index (Phi) is 6.97. The fourth-order valence-corrected chi connectivity index (χ4v) is 5.06. The first-order valence-corrected chi connectivity index (χ1v) is 11.3.